The van der Waals surface area contributed by atoms with E-state index >= 15 is 0 Å². The molecule has 0 unspecified atom stereocenters. The van der Waals surface area contributed by atoms with Crippen LogP contribution in [0, 0.1) is 0 Å². The van der Waals surface area contributed by atoms with E-state index in [1.807, 2.05) is 25.1 Å². The molecule has 2 aromatic carbocycles. The maximum atomic E-state index is 6.24. The van der Waals surface area contributed by atoms with Crippen molar-refractivity contribution >= 4 is 52.1 Å². The molecule has 0 saturated heterocycles. The zero-order chi connectivity index (χ0) is 14.2. The highest BCUT2D eigenvalue weighted by Gasteiger charge is 2.16. The number of aryl methyl sites for hydroxylation is 1. The predicted octanol–water partition coefficient (Wildman–Crippen LogP) is 6.11. The zero-order valence-electron chi connectivity index (χ0n) is 10.1. The lowest BCUT2D eigenvalue weighted by atomic mass is 10.0. The minimum Gasteiger partial charge on any atom is -0.399 e. The van der Waals surface area contributed by atoms with Gasteiger partial charge in [-0.05, 0) is 35.7 Å². The van der Waals surface area contributed by atoms with Crippen molar-refractivity contribution in [3.63, 3.8) is 0 Å². The molecule has 100 valence electrons. The fourth-order valence-corrected chi connectivity index (χ4v) is 3.03. The molecular formula is C14H11Cl4N. The van der Waals surface area contributed by atoms with Gasteiger partial charge >= 0.3 is 0 Å². The highest BCUT2D eigenvalue weighted by molar-refractivity contribution is 6.51. The number of nitrogens with two attached hydrogens (primary N) is 1. The molecule has 2 aromatic rings. The van der Waals surface area contributed by atoms with Crippen molar-refractivity contribution in [2.45, 2.75) is 13.3 Å². The number of halogens is 4. The summed E-state index contributed by atoms with van der Waals surface area (Å²) >= 11 is 24.5. The van der Waals surface area contributed by atoms with E-state index in [2.05, 4.69) is 0 Å². The van der Waals surface area contributed by atoms with Gasteiger partial charge in [-0.1, -0.05) is 59.4 Å². The summed E-state index contributed by atoms with van der Waals surface area (Å²) in [6.45, 7) is 2.04. The van der Waals surface area contributed by atoms with E-state index < -0.39 is 0 Å². The van der Waals surface area contributed by atoms with Gasteiger partial charge in [0.25, 0.3) is 0 Å². The van der Waals surface area contributed by atoms with Crippen LogP contribution in [0.3, 0.4) is 0 Å². The first-order chi connectivity index (χ1) is 8.95. The maximum absolute atomic E-state index is 6.24. The lowest BCUT2D eigenvalue weighted by molar-refractivity contribution is 1.15. The average Bonchev–Trinajstić information content (AvgIpc) is 2.38. The lowest BCUT2D eigenvalue weighted by Gasteiger charge is -2.12. The molecule has 0 saturated carbocycles. The van der Waals surface area contributed by atoms with Crippen LogP contribution >= 0.6 is 46.4 Å². The topological polar surface area (TPSA) is 26.0 Å². The molecule has 2 rings (SSSR count). The normalized spacial score (nSPS) is 10.8. The van der Waals surface area contributed by atoms with Crippen LogP contribution in [0.2, 0.25) is 20.1 Å². The summed E-state index contributed by atoms with van der Waals surface area (Å²) in [6, 6.07) is 7.26. The Morgan fingerprint density at radius 1 is 0.947 bits per heavy atom. The van der Waals surface area contributed by atoms with E-state index in [4.69, 9.17) is 52.1 Å². The van der Waals surface area contributed by atoms with Gasteiger partial charge in [-0.2, -0.15) is 0 Å². The largest absolute Gasteiger partial charge is 0.399 e. The molecule has 1 nitrogen and oxygen atoms in total. The molecule has 0 aliphatic rings. The third-order valence-electron chi connectivity index (χ3n) is 2.93. The summed E-state index contributed by atoms with van der Waals surface area (Å²) < 4.78 is 0. The first-order valence-corrected chi connectivity index (χ1v) is 7.18. The van der Waals surface area contributed by atoms with Gasteiger partial charge in [0.05, 0.1) is 20.1 Å². The van der Waals surface area contributed by atoms with Crippen molar-refractivity contribution in [2.24, 2.45) is 0 Å². The maximum Gasteiger partial charge on any atom is 0.0785 e. The van der Waals surface area contributed by atoms with Crippen LogP contribution in [0.15, 0.2) is 24.3 Å². The summed E-state index contributed by atoms with van der Waals surface area (Å²) in [5, 5.41) is 1.46. The van der Waals surface area contributed by atoms with Gasteiger partial charge in [0.1, 0.15) is 0 Å². The van der Waals surface area contributed by atoms with E-state index in [9.17, 15) is 0 Å². The molecule has 0 radical (unpaired) electrons. The standard InChI is InChI=1S/C14H11Cl4N/c1-2-7-5-8(3-4-11(7)19)12-9(15)6-10(16)13(17)14(12)18/h3-6H,2,19H2,1H3. The number of benzene rings is 2. The monoisotopic (exact) mass is 333 g/mol. The van der Waals surface area contributed by atoms with Gasteiger partial charge in [-0.25, -0.2) is 0 Å². The minimum absolute atomic E-state index is 0.303. The number of hydrogen-bond donors (Lipinski definition) is 1. The van der Waals surface area contributed by atoms with E-state index in [0.717, 1.165) is 23.2 Å². The van der Waals surface area contributed by atoms with Gasteiger partial charge in [-0.15, -0.1) is 0 Å². The van der Waals surface area contributed by atoms with Crippen molar-refractivity contribution in [1.82, 2.24) is 0 Å². The lowest BCUT2D eigenvalue weighted by Crippen LogP contribution is -1.94. The summed E-state index contributed by atoms with van der Waals surface area (Å²) in [7, 11) is 0. The van der Waals surface area contributed by atoms with Crippen molar-refractivity contribution < 1.29 is 0 Å². The van der Waals surface area contributed by atoms with E-state index in [-0.39, 0.29) is 0 Å². The van der Waals surface area contributed by atoms with E-state index in [1.165, 1.54) is 0 Å². The second-order valence-electron chi connectivity index (χ2n) is 4.11. The predicted molar refractivity (Wildman–Crippen MR) is 85.7 cm³/mol. The van der Waals surface area contributed by atoms with Gasteiger partial charge in [0.2, 0.25) is 0 Å². The van der Waals surface area contributed by atoms with Crippen LogP contribution < -0.4 is 5.73 Å². The SMILES string of the molecule is CCc1cc(-c2c(Cl)cc(Cl)c(Cl)c2Cl)ccc1N. The molecule has 0 fully saturated rings. The van der Waals surface area contributed by atoms with Gasteiger partial charge < -0.3 is 5.73 Å². The zero-order valence-corrected chi connectivity index (χ0v) is 13.1. The van der Waals surface area contributed by atoms with E-state index in [0.29, 0.717) is 25.7 Å². The fraction of sp³-hybridized carbons (Fsp3) is 0.143. The Labute approximate surface area is 132 Å². The van der Waals surface area contributed by atoms with Gasteiger partial charge in [0.15, 0.2) is 0 Å². The molecule has 0 atom stereocenters. The summed E-state index contributed by atoms with van der Waals surface area (Å²) in [5.74, 6) is 0. The molecule has 0 aliphatic carbocycles. The Bertz CT molecular complexity index is 638. The minimum atomic E-state index is 0.303. The number of anilines is 1. The molecule has 0 heterocycles. The Balaban J connectivity index is 2.69. The van der Waals surface area contributed by atoms with Crippen molar-refractivity contribution in [1.29, 1.82) is 0 Å². The van der Waals surface area contributed by atoms with Crippen LogP contribution in [0.1, 0.15) is 12.5 Å². The molecule has 2 N–H and O–H groups in total. The van der Waals surface area contributed by atoms with Crippen molar-refractivity contribution in [3.05, 3.63) is 49.9 Å². The molecular weight excluding hydrogens is 324 g/mol. The van der Waals surface area contributed by atoms with Gasteiger partial charge in [-0.3, -0.25) is 0 Å². The van der Waals surface area contributed by atoms with Crippen LogP contribution in [0.4, 0.5) is 5.69 Å². The van der Waals surface area contributed by atoms with Crippen molar-refractivity contribution in [3.8, 4) is 11.1 Å². The summed E-state index contributed by atoms with van der Waals surface area (Å²) in [4.78, 5) is 0. The number of nitrogen functional groups attached to an aromatic ring is 1. The molecule has 0 aliphatic heterocycles. The number of rotatable bonds is 2. The quantitative estimate of drug-likeness (QED) is 0.400. The molecule has 0 amide bonds. The highest BCUT2D eigenvalue weighted by atomic mass is 35.5. The summed E-state index contributed by atoms with van der Waals surface area (Å²) in [5.41, 5.74) is 9.23. The Hall–Kier alpha value is -0.600. The number of hydrogen-bond acceptors (Lipinski definition) is 1. The molecule has 0 bridgehead atoms. The van der Waals surface area contributed by atoms with Crippen molar-refractivity contribution in [2.75, 3.05) is 5.73 Å². The molecule has 0 aromatic heterocycles. The summed E-state index contributed by atoms with van der Waals surface area (Å²) in [6.07, 6.45) is 0.830. The Morgan fingerprint density at radius 2 is 1.63 bits per heavy atom. The molecule has 19 heavy (non-hydrogen) atoms. The van der Waals surface area contributed by atoms with E-state index in [1.54, 1.807) is 6.07 Å². The Morgan fingerprint density at radius 3 is 2.26 bits per heavy atom. The first kappa shape index (κ1) is 14.8. The van der Waals surface area contributed by atoms with Crippen LogP contribution in [-0.4, -0.2) is 0 Å². The highest BCUT2D eigenvalue weighted by Crippen LogP contribution is 2.43. The third-order valence-corrected chi connectivity index (χ3v) is 4.49. The van der Waals surface area contributed by atoms with Crippen LogP contribution in [0.25, 0.3) is 11.1 Å². The second-order valence-corrected chi connectivity index (χ2v) is 5.68. The Kier molecular flexibility index (Phi) is 4.52. The molecule has 5 heteroatoms. The average molecular weight is 335 g/mol. The fourth-order valence-electron chi connectivity index (χ4n) is 1.90. The first-order valence-electron chi connectivity index (χ1n) is 5.67. The van der Waals surface area contributed by atoms with Crippen LogP contribution in [-0.2, 0) is 6.42 Å². The van der Waals surface area contributed by atoms with Gasteiger partial charge in [0, 0.05) is 11.3 Å². The smallest absolute Gasteiger partial charge is 0.0785 e. The molecule has 0 spiro atoms. The third kappa shape index (κ3) is 2.80. The second kappa shape index (κ2) is 5.80. The van der Waals surface area contributed by atoms with Crippen LogP contribution in [0.5, 0.6) is 0 Å².